The quantitative estimate of drug-likeness (QED) is 0.435. The molecule has 1 amide bonds. The van der Waals surface area contributed by atoms with Crippen LogP contribution >= 0.6 is 0 Å². The lowest BCUT2D eigenvalue weighted by Gasteiger charge is -2.10. The van der Waals surface area contributed by atoms with E-state index in [1.807, 2.05) is 84.4 Å². The largest absolute Gasteiger partial charge is 0.307 e. The Morgan fingerprint density at radius 1 is 0.938 bits per heavy atom. The second-order valence-corrected chi connectivity index (χ2v) is 9.18. The van der Waals surface area contributed by atoms with Crippen LogP contribution in [-0.2, 0) is 23.1 Å². The van der Waals surface area contributed by atoms with E-state index < -0.39 is 10.8 Å². The molecule has 0 saturated carbocycles. The zero-order chi connectivity index (χ0) is 22.5. The van der Waals surface area contributed by atoms with Crippen molar-refractivity contribution in [3.8, 4) is 11.3 Å². The van der Waals surface area contributed by atoms with Gasteiger partial charge in [0, 0.05) is 40.0 Å². The molecule has 0 bridgehead atoms. The Morgan fingerprint density at radius 3 is 2.41 bits per heavy atom. The van der Waals surface area contributed by atoms with Crippen molar-refractivity contribution in [1.29, 1.82) is 0 Å². The van der Waals surface area contributed by atoms with E-state index in [9.17, 15) is 9.00 Å². The Hall–Kier alpha value is -3.51. The highest BCUT2D eigenvalue weighted by atomic mass is 32.2. The molecule has 162 valence electrons. The molecule has 1 heterocycles. The van der Waals surface area contributed by atoms with Crippen molar-refractivity contribution in [3.63, 3.8) is 0 Å². The van der Waals surface area contributed by atoms with Crippen molar-refractivity contribution in [1.82, 2.24) is 9.78 Å². The summed E-state index contributed by atoms with van der Waals surface area (Å²) in [5.41, 5.74) is 5.45. The van der Waals surface area contributed by atoms with Gasteiger partial charge in [0.2, 0.25) is 0 Å². The first kappa shape index (κ1) is 21.7. The van der Waals surface area contributed by atoms with E-state index in [1.165, 1.54) is 0 Å². The number of hydrogen-bond donors (Lipinski definition) is 1. The van der Waals surface area contributed by atoms with Crippen LogP contribution in [0.2, 0.25) is 0 Å². The molecule has 1 aromatic heterocycles. The van der Waals surface area contributed by atoms with Gasteiger partial charge in [-0.3, -0.25) is 9.00 Å². The molecule has 0 aliphatic rings. The molecule has 1 atom stereocenters. The van der Waals surface area contributed by atoms with Crippen molar-refractivity contribution in [2.75, 3.05) is 11.6 Å². The molecule has 32 heavy (non-hydrogen) atoms. The second-order valence-electron chi connectivity index (χ2n) is 7.75. The average molecular weight is 444 g/mol. The molecule has 1 unspecified atom stereocenters. The van der Waals surface area contributed by atoms with Gasteiger partial charge in [0.25, 0.3) is 5.91 Å². The number of aromatic nitrogens is 2. The van der Waals surface area contributed by atoms with Gasteiger partial charge in [-0.2, -0.15) is 5.10 Å². The number of nitrogens with zero attached hydrogens (tertiary/aromatic N) is 2. The zero-order valence-electron chi connectivity index (χ0n) is 18.1. The number of nitrogens with one attached hydrogen (secondary N) is 1. The lowest BCUT2D eigenvalue weighted by atomic mass is 10.1. The smallest absolute Gasteiger partial charge is 0.256 e. The van der Waals surface area contributed by atoms with E-state index in [0.29, 0.717) is 23.7 Å². The molecule has 3 aromatic carbocycles. The van der Waals surface area contributed by atoms with Crippen LogP contribution in [0, 0.1) is 6.92 Å². The molecular formula is C26H25N3O2S. The number of carbonyl (C=O) groups is 1. The molecule has 0 aliphatic carbocycles. The molecule has 6 heteroatoms. The maximum absolute atomic E-state index is 13.0. The first-order chi connectivity index (χ1) is 15.5. The summed E-state index contributed by atoms with van der Waals surface area (Å²) in [7, 11) is -0.968. The van der Waals surface area contributed by atoms with E-state index in [0.717, 1.165) is 27.9 Å². The van der Waals surface area contributed by atoms with Crippen LogP contribution in [0.25, 0.3) is 11.3 Å². The Bertz CT molecular complexity index is 1270. The highest BCUT2D eigenvalue weighted by Crippen LogP contribution is 2.26. The van der Waals surface area contributed by atoms with Crippen molar-refractivity contribution < 1.29 is 9.00 Å². The lowest BCUT2D eigenvalue weighted by molar-refractivity contribution is 0.102. The molecule has 0 aliphatic heterocycles. The Labute approximate surface area is 190 Å². The predicted octanol–water partition coefficient (Wildman–Crippen LogP) is 5.04. The topological polar surface area (TPSA) is 64.0 Å². The van der Waals surface area contributed by atoms with E-state index in [-0.39, 0.29) is 5.91 Å². The fraction of sp³-hybridized carbons (Fsp3) is 0.154. The summed E-state index contributed by atoms with van der Waals surface area (Å²) in [6.07, 6.45) is 1.65. The molecular weight excluding hydrogens is 418 g/mol. The molecule has 0 fully saturated rings. The van der Waals surface area contributed by atoms with E-state index in [2.05, 4.69) is 5.32 Å². The summed E-state index contributed by atoms with van der Waals surface area (Å²) < 4.78 is 13.4. The average Bonchev–Trinajstić information content (AvgIpc) is 3.16. The third-order valence-electron chi connectivity index (χ3n) is 5.18. The Morgan fingerprint density at radius 2 is 1.66 bits per heavy atom. The summed E-state index contributed by atoms with van der Waals surface area (Å²) in [5.74, 6) is 0.825. The summed E-state index contributed by atoms with van der Waals surface area (Å²) >= 11 is 0. The van der Waals surface area contributed by atoms with Gasteiger partial charge >= 0.3 is 0 Å². The third kappa shape index (κ3) is 5.21. The molecule has 0 radical (unpaired) electrons. The number of amides is 1. The van der Waals surface area contributed by atoms with Gasteiger partial charge < -0.3 is 5.32 Å². The highest BCUT2D eigenvalue weighted by Gasteiger charge is 2.15. The highest BCUT2D eigenvalue weighted by molar-refractivity contribution is 7.83. The minimum absolute atomic E-state index is 0.223. The summed E-state index contributed by atoms with van der Waals surface area (Å²) in [6.45, 7) is 2.59. The Kier molecular flexibility index (Phi) is 6.61. The van der Waals surface area contributed by atoms with Crippen LogP contribution < -0.4 is 5.32 Å². The zero-order valence-corrected chi connectivity index (χ0v) is 18.9. The summed E-state index contributed by atoms with van der Waals surface area (Å²) in [4.78, 5) is 13.0. The first-order valence-corrected chi connectivity index (χ1v) is 12.1. The normalized spacial score (nSPS) is 11.8. The van der Waals surface area contributed by atoms with Gasteiger partial charge in [0.1, 0.15) is 5.82 Å². The Balaban J connectivity index is 1.66. The van der Waals surface area contributed by atoms with E-state index in [1.54, 1.807) is 18.4 Å². The standard InChI is InChI=1S/C26H25N3O2S/c1-19-9-6-7-14-23(19)24-16-25(29(28-24)17-20-10-4-3-5-11-20)27-26(30)22-13-8-12-21(15-22)18-32(2)31/h3-16H,17-18H2,1-2H3,(H,27,30). The third-order valence-corrected chi connectivity index (χ3v) is 5.92. The molecule has 4 aromatic rings. The van der Waals surface area contributed by atoms with Gasteiger partial charge in [0.05, 0.1) is 12.2 Å². The molecule has 1 N–H and O–H groups in total. The molecule has 5 nitrogen and oxygen atoms in total. The minimum Gasteiger partial charge on any atom is -0.307 e. The number of rotatable bonds is 7. The number of hydrogen-bond acceptors (Lipinski definition) is 3. The maximum Gasteiger partial charge on any atom is 0.256 e. The number of aryl methyl sites for hydroxylation is 1. The number of benzene rings is 3. The van der Waals surface area contributed by atoms with Crippen molar-refractivity contribution in [2.24, 2.45) is 0 Å². The van der Waals surface area contributed by atoms with Crippen molar-refractivity contribution >= 4 is 22.5 Å². The summed E-state index contributed by atoms with van der Waals surface area (Å²) in [6, 6.07) is 27.3. The predicted molar refractivity (Wildman–Crippen MR) is 130 cm³/mol. The van der Waals surface area contributed by atoms with Crippen LogP contribution in [0.4, 0.5) is 5.82 Å². The van der Waals surface area contributed by atoms with Crippen LogP contribution in [0.1, 0.15) is 27.0 Å². The molecule has 0 saturated heterocycles. The maximum atomic E-state index is 13.0. The lowest BCUT2D eigenvalue weighted by Crippen LogP contribution is -2.16. The van der Waals surface area contributed by atoms with Gasteiger partial charge in [-0.25, -0.2) is 4.68 Å². The minimum atomic E-state index is -0.968. The van der Waals surface area contributed by atoms with Crippen molar-refractivity contribution in [2.45, 2.75) is 19.2 Å². The van der Waals surface area contributed by atoms with Crippen molar-refractivity contribution in [3.05, 3.63) is 107 Å². The summed E-state index contributed by atoms with van der Waals surface area (Å²) in [5, 5.41) is 7.82. The van der Waals surface area contributed by atoms with Crippen LogP contribution in [0.15, 0.2) is 84.9 Å². The second kappa shape index (κ2) is 9.75. The fourth-order valence-electron chi connectivity index (χ4n) is 3.61. The van der Waals surface area contributed by atoms with E-state index in [4.69, 9.17) is 5.10 Å². The van der Waals surface area contributed by atoms with Gasteiger partial charge in [-0.15, -0.1) is 0 Å². The molecule has 4 rings (SSSR count). The van der Waals surface area contributed by atoms with Crippen LogP contribution in [0.3, 0.4) is 0 Å². The number of anilines is 1. The SMILES string of the molecule is Cc1ccccc1-c1cc(NC(=O)c2cccc(CS(C)=O)c2)n(Cc2ccccc2)n1. The number of carbonyl (C=O) groups excluding carboxylic acids is 1. The first-order valence-electron chi connectivity index (χ1n) is 10.4. The van der Waals surface area contributed by atoms with E-state index >= 15 is 0 Å². The van der Waals surface area contributed by atoms with Crippen LogP contribution in [0.5, 0.6) is 0 Å². The van der Waals surface area contributed by atoms with Gasteiger partial charge in [-0.05, 0) is 35.7 Å². The van der Waals surface area contributed by atoms with Crippen LogP contribution in [-0.4, -0.2) is 26.2 Å². The fourth-order valence-corrected chi connectivity index (χ4v) is 4.26. The monoisotopic (exact) mass is 443 g/mol. The van der Waals surface area contributed by atoms with Gasteiger partial charge in [-0.1, -0.05) is 66.7 Å². The van der Waals surface area contributed by atoms with Gasteiger partial charge in [0.15, 0.2) is 0 Å². The molecule has 0 spiro atoms.